The van der Waals surface area contributed by atoms with E-state index in [4.69, 9.17) is 10.2 Å². The second-order valence-corrected chi connectivity index (χ2v) is 4.21. The van der Waals surface area contributed by atoms with Crippen molar-refractivity contribution in [2.75, 3.05) is 11.1 Å². The zero-order chi connectivity index (χ0) is 14.0. The summed E-state index contributed by atoms with van der Waals surface area (Å²) in [5.41, 5.74) is 5.44. The maximum absolute atomic E-state index is 10.7. The molecule has 2 heterocycles. The Hall–Kier alpha value is -2.57. The quantitative estimate of drug-likeness (QED) is 0.647. The molecule has 0 amide bonds. The molecular weight excluding hydrogens is 248 g/mol. The van der Waals surface area contributed by atoms with Gasteiger partial charge in [0.2, 0.25) is 0 Å². The molecule has 2 rings (SSSR count). The zero-order valence-corrected chi connectivity index (χ0v) is 10.6. The number of nitro groups is 1. The maximum Gasteiger partial charge on any atom is 0.276 e. The zero-order valence-electron chi connectivity index (χ0n) is 10.6. The smallest absolute Gasteiger partial charge is 0.276 e. The van der Waals surface area contributed by atoms with E-state index < -0.39 is 4.92 Å². The van der Waals surface area contributed by atoms with Crippen LogP contribution in [0.3, 0.4) is 0 Å². The first kappa shape index (κ1) is 12.9. The van der Waals surface area contributed by atoms with Gasteiger partial charge in [0.1, 0.15) is 23.2 Å². The van der Waals surface area contributed by atoms with Crippen LogP contribution in [0.15, 0.2) is 28.7 Å². The molecule has 100 valence electrons. The number of nitrogens with one attached hydrogen (secondary N) is 1. The molecule has 0 saturated carbocycles. The first-order valence-electron chi connectivity index (χ1n) is 5.70. The number of nitrogen functional groups attached to an aromatic ring is 1. The van der Waals surface area contributed by atoms with Crippen LogP contribution >= 0.6 is 0 Å². The second kappa shape index (κ2) is 4.97. The number of anilines is 2. The lowest BCUT2D eigenvalue weighted by molar-refractivity contribution is -0.384. The van der Waals surface area contributed by atoms with Crippen molar-refractivity contribution in [1.82, 2.24) is 4.98 Å². The number of pyridine rings is 1. The highest BCUT2D eigenvalue weighted by Crippen LogP contribution is 2.24. The Morgan fingerprint density at radius 1 is 1.47 bits per heavy atom. The molecule has 0 aliphatic carbocycles. The van der Waals surface area contributed by atoms with Crippen molar-refractivity contribution in [2.45, 2.75) is 19.9 Å². The van der Waals surface area contributed by atoms with Gasteiger partial charge in [-0.15, -0.1) is 0 Å². The Labute approximate surface area is 109 Å². The molecule has 3 N–H and O–H groups in total. The SMILES string of the molecule is Cc1ccc(C(C)Nc2cc([N+](=O)[O-])cc(N)n2)o1. The second-order valence-electron chi connectivity index (χ2n) is 4.21. The molecule has 0 aliphatic rings. The molecule has 0 spiro atoms. The Morgan fingerprint density at radius 2 is 2.21 bits per heavy atom. The van der Waals surface area contributed by atoms with Crippen molar-refractivity contribution in [3.8, 4) is 0 Å². The van der Waals surface area contributed by atoms with E-state index in [2.05, 4.69) is 10.3 Å². The summed E-state index contributed by atoms with van der Waals surface area (Å²) < 4.78 is 5.47. The van der Waals surface area contributed by atoms with Crippen LogP contribution in [-0.4, -0.2) is 9.91 Å². The lowest BCUT2D eigenvalue weighted by atomic mass is 10.2. The Balaban J connectivity index is 2.21. The van der Waals surface area contributed by atoms with Gasteiger partial charge >= 0.3 is 0 Å². The number of aromatic nitrogens is 1. The van der Waals surface area contributed by atoms with Crippen LogP contribution in [0.2, 0.25) is 0 Å². The van der Waals surface area contributed by atoms with Crippen molar-refractivity contribution in [2.24, 2.45) is 0 Å². The van der Waals surface area contributed by atoms with Crippen LogP contribution in [0.1, 0.15) is 24.5 Å². The van der Waals surface area contributed by atoms with Gasteiger partial charge < -0.3 is 15.5 Å². The molecule has 1 unspecified atom stereocenters. The van der Waals surface area contributed by atoms with Crippen molar-refractivity contribution >= 4 is 17.3 Å². The molecule has 7 heteroatoms. The predicted molar refractivity (Wildman–Crippen MR) is 70.8 cm³/mol. The Bertz CT molecular complexity index is 609. The van der Waals surface area contributed by atoms with Crippen LogP contribution in [-0.2, 0) is 0 Å². The molecule has 1 atom stereocenters. The highest BCUT2D eigenvalue weighted by molar-refractivity contribution is 5.53. The van der Waals surface area contributed by atoms with Crippen LogP contribution in [0.25, 0.3) is 0 Å². The van der Waals surface area contributed by atoms with Gasteiger partial charge in [-0.2, -0.15) is 0 Å². The van der Waals surface area contributed by atoms with Gasteiger partial charge in [-0.05, 0) is 26.0 Å². The lowest BCUT2D eigenvalue weighted by Gasteiger charge is -2.12. The summed E-state index contributed by atoms with van der Waals surface area (Å²) in [7, 11) is 0. The highest BCUT2D eigenvalue weighted by Gasteiger charge is 2.14. The molecule has 0 aliphatic heterocycles. The van der Waals surface area contributed by atoms with Crippen molar-refractivity contribution in [3.63, 3.8) is 0 Å². The average molecular weight is 262 g/mol. The minimum absolute atomic E-state index is 0.0968. The fourth-order valence-electron chi connectivity index (χ4n) is 1.70. The summed E-state index contributed by atoms with van der Waals surface area (Å²) in [6.07, 6.45) is 0. The van der Waals surface area contributed by atoms with Gasteiger partial charge in [-0.3, -0.25) is 10.1 Å². The monoisotopic (exact) mass is 262 g/mol. The van der Waals surface area contributed by atoms with Crippen molar-refractivity contribution in [3.05, 3.63) is 45.9 Å². The Morgan fingerprint density at radius 3 is 2.79 bits per heavy atom. The van der Waals surface area contributed by atoms with Gasteiger partial charge in [-0.25, -0.2) is 4.98 Å². The molecule has 0 saturated heterocycles. The molecule has 2 aromatic rings. The van der Waals surface area contributed by atoms with E-state index in [9.17, 15) is 10.1 Å². The molecular formula is C12H14N4O3. The van der Waals surface area contributed by atoms with Crippen LogP contribution in [0.5, 0.6) is 0 Å². The van der Waals surface area contributed by atoms with Gasteiger partial charge in [0.05, 0.1) is 23.1 Å². The summed E-state index contributed by atoms with van der Waals surface area (Å²) in [5.74, 6) is 1.97. The van der Waals surface area contributed by atoms with E-state index in [0.717, 1.165) is 11.5 Å². The number of hydrogen-bond acceptors (Lipinski definition) is 6. The van der Waals surface area contributed by atoms with E-state index in [-0.39, 0.29) is 17.5 Å². The van der Waals surface area contributed by atoms with E-state index in [1.807, 2.05) is 26.0 Å². The van der Waals surface area contributed by atoms with E-state index in [1.54, 1.807) is 0 Å². The number of hydrogen-bond donors (Lipinski definition) is 2. The minimum atomic E-state index is -0.509. The third kappa shape index (κ3) is 3.01. The van der Waals surface area contributed by atoms with Gasteiger partial charge in [0, 0.05) is 0 Å². The van der Waals surface area contributed by atoms with Crippen molar-refractivity contribution in [1.29, 1.82) is 0 Å². The fraction of sp³-hybridized carbons (Fsp3) is 0.250. The van der Waals surface area contributed by atoms with Crippen LogP contribution in [0, 0.1) is 17.0 Å². The maximum atomic E-state index is 10.7. The third-order valence-corrected chi connectivity index (χ3v) is 2.59. The van der Waals surface area contributed by atoms with Gasteiger partial charge in [0.25, 0.3) is 5.69 Å². The third-order valence-electron chi connectivity index (χ3n) is 2.59. The number of aryl methyl sites for hydroxylation is 1. The molecule has 0 radical (unpaired) electrons. The first-order chi connectivity index (χ1) is 8.95. The number of rotatable bonds is 4. The fourth-order valence-corrected chi connectivity index (χ4v) is 1.70. The van der Waals surface area contributed by atoms with E-state index >= 15 is 0 Å². The Kier molecular flexibility index (Phi) is 3.37. The van der Waals surface area contributed by atoms with Gasteiger partial charge in [0.15, 0.2) is 0 Å². The molecule has 2 aromatic heterocycles. The largest absolute Gasteiger partial charge is 0.464 e. The number of nitrogens with two attached hydrogens (primary N) is 1. The number of nitrogens with zero attached hydrogens (tertiary/aromatic N) is 2. The average Bonchev–Trinajstić information content (AvgIpc) is 2.75. The lowest BCUT2D eigenvalue weighted by Crippen LogP contribution is -2.08. The number of furan rings is 1. The highest BCUT2D eigenvalue weighted by atomic mass is 16.6. The summed E-state index contributed by atoms with van der Waals surface area (Å²) in [4.78, 5) is 14.2. The normalized spacial score (nSPS) is 12.1. The van der Waals surface area contributed by atoms with E-state index in [0.29, 0.717) is 5.82 Å². The summed E-state index contributed by atoms with van der Waals surface area (Å²) in [5, 5.41) is 13.8. The molecule has 19 heavy (non-hydrogen) atoms. The molecule has 0 bridgehead atoms. The van der Waals surface area contributed by atoms with E-state index in [1.165, 1.54) is 12.1 Å². The summed E-state index contributed by atoms with van der Waals surface area (Å²) in [6, 6.07) is 6.08. The van der Waals surface area contributed by atoms with Crippen LogP contribution < -0.4 is 11.1 Å². The summed E-state index contributed by atoms with van der Waals surface area (Å²) in [6.45, 7) is 3.72. The molecule has 7 nitrogen and oxygen atoms in total. The topological polar surface area (TPSA) is 107 Å². The van der Waals surface area contributed by atoms with Crippen LogP contribution in [0.4, 0.5) is 17.3 Å². The van der Waals surface area contributed by atoms with Gasteiger partial charge in [-0.1, -0.05) is 0 Å². The predicted octanol–water partition coefficient (Wildman–Crippen LogP) is 2.65. The van der Waals surface area contributed by atoms with Crippen molar-refractivity contribution < 1.29 is 9.34 Å². The molecule has 0 aromatic carbocycles. The standard InChI is InChI=1S/C12H14N4O3/c1-7-3-4-10(19-7)8(2)14-12-6-9(16(17)18)5-11(13)15-12/h3-6,8H,1-2H3,(H3,13,14,15). The summed E-state index contributed by atoms with van der Waals surface area (Å²) >= 11 is 0. The minimum Gasteiger partial charge on any atom is -0.464 e. The first-order valence-corrected chi connectivity index (χ1v) is 5.70. The molecule has 0 fully saturated rings.